The largest absolute Gasteiger partial charge is 0.307 e. The molecule has 13 aromatic rings. The second-order valence-electron chi connectivity index (χ2n) is 16.7. The lowest BCUT2D eigenvalue weighted by atomic mass is 9.92. The van der Waals surface area contributed by atoms with Crippen LogP contribution in [0.3, 0.4) is 0 Å². The van der Waals surface area contributed by atoms with Crippen molar-refractivity contribution in [1.82, 2.24) is 18.3 Å². The van der Waals surface area contributed by atoms with E-state index >= 15 is 0 Å². The Morgan fingerprint density at radius 3 is 1.16 bits per heavy atom. The quantitative estimate of drug-likeness (QED) is 0.169. The van der Waals surface area contributed by atoms with Crippen molar-refractivity contribution in [1.29, 1.82) is 0 Å². The number of aromatic nitrogens is 4. The van der Waals surface area contributed by atoms with E-state index in [9.17, 15) is 0 Å². The standard InChI is InChI=1S/C58H38N4/c1-3-17-37(18-4-1)59-49-27-11-7-21-41(49)45-33-35-47-43-23-9-13-29-51(43)61(57(47)55(45)59)53-31-15-26-40-39(53)25-16-32-54(40)62-52-30-14-10-24-44(52)48-36-34-46-42-22-8-12-28-50(42)60(56(46)58(48)62)38-19-5-2-6-20-38/h1-33,35H,34,36H2. The van der Waals surface area contributed by atoms with E-state index in [1.807, 2.05) is 0 Å². The molecule has 0 atom stereocenters. The van der Waals surface area contributed by atoms with Gasteiger partial charge in [-0.3, -0.25) is 0 Å². The van der Waals surface area contributed by atoms with Gasteiger partial charge in [-0.05, 0) is 84.6 Å². The van der Waals surface area contributed by atoms with Crippen molar-refractivity contribution in [3.05, 3.63) is 217 Å². The Labute approximate surface area is 357 Å². The first-order chi connectivity index (χ1) is 30.8. The van der Waals surface area contributed by atoms with Crippen molar-refractivity contribution in [2.75, 3.05) is 0 Å². The SMILES string of the molecule is c1ccc(-n2c3c(c4ccccc42)CCc2c-3n(-c3cccc4c(-n5c6ccccc6c6ccc7c8ccccc8n(-c8ccccc8)c7c65)cccc34)c3ccccc23)cc1. The molecule has 0 saturated carbocycles. The first-order valence-electron chi connectivity index (χ1n) is 21.7. The molecule has 0 aliphatic heterocycles. The summed E-state index contributed by atoms with van der Waals surface area (Å²) in [5.41, 5.74) is 17.4. The molecule has 1 aliphatic carbocycles. The van der Waals surface area contributed by atoms with E-state index in [4.69, 9.17) is 0 Å². The zero-order chi connectivity index (χ0) is 40.5. The normalized spacial score (nSPS) is 12.7. The first-order valence-corrected chi connectivity index (χ1v) is 21.7. The minimum Gasteiger partial charge on any atom is -0.307 e. The maximum atomic E-state index is 2.59. The maximum absolute atomic E-state index is 2.59. The Kier molecular flexibility index (Phi) is 6.92. The van der Waals surface area contributed by atoms with Crippen LogP contribution in [0.2, 0.25) is 0 Å². The van der Waals surface area contributed by atoms with Crippen LogP contribution in [0.4, 0.5) is 0 Å². The molecule has 290 valence electrons. The van der Waals surface area contributed by atoms with Crippen LogP contribution in [0.1, 0.15) is 11.1 Å². The molecule has 4 aromatic heterocycles. The number of nitrogens with zero attached hydrogens (tertiary/aromatic N) is 4. The molecule has 0 radical (unpaired) electrons. The van der Waals surface area contributed by atoms with Crippen LogP contribution in [0, 0.1) is 0 Å². The number of benzene rings is 9. The zero-order valence-corrected chi connectivity index (χ0v) is 33.8. The second kappa shape index (κ2) is 12.7. The predicted octanol–water partition coefficient (Wildman–Crippen LogP) is 14.7. The van der Waals surface area contributed by atoms with Gasteiger partial charge >= 0.3 is 0 Å². The van der Waals surface area contributed by atoms with Crippen LogP contribution in [0.5, 0.6) is 0 Å². The van der Waals surface area contributed by atoms with Gasteiger partial charge in [0, 0.05) is 54.5 Å². The molecule has 1 aliphatic rings. The summed E-state index contributed by atoms with van der Waals surface area (Å²) in [6.45, 7) is 0. The molecular weight excluding hydrogens is 753 g/mol. The van der Waals surface area contributed by atoms with Crippen molar-refractivity contribution in [2.45, 2.75) is 12.8 Å². The molecule has 4 heteroatoms. The Hall–Kier alpha value is -8.08. The van der Waals surface area contributed by atoms with Crippen LogP contribution < -0.4 is 0 Å². The fourth-order valence-electron chi connectivity index (χ4n) is 11.2. The van der Waals surface area contributed by atoms with Crippen LogP contribution in [0.15, 0.2) is 206 Å². The van der Waals surface area contributed by atoms with Gasteiger partial charge in [0.2, 0.25) is 0 Å². The van der Waals surface area contributed by atoms with E-state index in [1.165, 1.54) is 110 Å². The van der Waals surface area contributed by atoms with E-state index in [0.29, 0.717) is 0 Å². The van der Waals surface area contributed by atoms with E-state index in [0.717, 1.165) is 24.2 Å². The van der Waals surface area contributed by atoms with E-state index in [-0.39, 0.29) is 0 Å². The molecule has 4 nitrogen and oxygen atoms in total. The van der Waals surface area contributed by atoms with Gasteiger partial charge in [0.05, 0.1) is 55.9 Å². The zero-order valence-electron chi connectivity index (χ0n) is 33.8. The summed E-state index contributed by atoms with van der Waals surface area (Å²) in [6.07, 6.45) is 1.99. The van der Waals surface area contributed by atoms with Crippen LogP contribution in [-0.2, 0) is 12.8 Å². The number of hydrogen-bond donors (Lipinski definition) is 0. The summed E-state index contributed by atoms with van der Waals surface area (Å²) in [5, 5.41) is 10.1. The highest BCUT2D eigenvalue weighted by Crippen LogP contribution is 2.48. The summed E-state index contributed by atoms with van der Waals surface area (Å²) < 4.78 is 10.1. The topological polar surface area (TPSA) is 19.7 Å². The third-order valence-electron chi connectivity index (χ3n) is 13.7. The van der Waals surface area contributed by atoms with Gasteiger partial charge in [-0.25, -0.2) is 0 Å². The lowest BCUT2D eigenvalue weighted by molar-refractivity contribution is 0.922. The Balaban J connectivity index is 1.11. The molecule has 0 N–H and O–H groups in total. The summed E-state index contributed by atoms with van der Waals surface area (Å²) in [5.74, 6) is 0. The molecule has 0 fully saturated rings. The highest BCUT2D eigenvalue weighted by Gasteiger charge is 2.32. The fourth-order valence-corrected chi connectivity index (χ4v) is 11.2. The van der Waals surface area contributed by atoms with Crippen molar-refractivity contribution in [3.8, 4) is 34.1 Å². The van der Waals surface area contributed by atoms with Crippen molar-refractivity contribution in [2.24, 2.45) is 0 Å². The average molecular weight is 791 g/mol. The predicted molar refractivity (Wildman–Crippen MR) is 259 cm³/mol. The van der Waals surface area contributed by atoms with Gasteiger partial charge in [-0.15, -0.1) is 0 Å². The fraction of sp³-hybridized carbons (Fsp3) is 0.0345. The van der Waals surface area contributed by atoms with Crippen LogP contribution in [-0.4, -0.2) is 18.3 Å². The average Bonchev–Trinajstić information content (AvgIpc) is 4.07. The summed E-state index contributed by atoms with van der Waals surface area (Å²) in [7, 11) is 0. The molecule has 0 unspecified atom stereocenters. The number of hydrogen-bond acceptors (Lipinski definition) is 0. The molecule has 0 amide bonds. The molecular formula is C58H38N4. The third kappa shape index (κ3) is 4.45. The molecule has 4 heterocycles. The Bertz CT molecular complexity index is 3970. The van der Waals surface area contributed by atoms with Gasteiger partial charge in [-0.1, -0.05) is 146 Å². The van der Waals surface area contributed by atoms with Crippen LogP contribution in [0.25, 0.3) is 110 Å². The van der Waals surface area contributed by atoms with E-state index in [2.05, 4.69) is 225 Å². The van der Waals surface area contributed by atoms with Crippen molar-refractivity contribution < 1.29 is 0 Å². The summed E-state index contributed by atoms with van der Waals surface area (Å²) in [4.78, 5) is 0. The molecule has 0 bridgehead atoms. The first kappa shape index (κ1) is 33.7. The number of para-hydroxylation sites is 6. The Morgan fingerprint density at radius 2 is 0.613 bits per heavy atom. The highest BCUT2D eigenvalue weighted by molar-refractivity contribution is 6.24. The lowest BCUT2D eigenvalue weighted by Gasteiger charge is -2.22. The monoisotopic (exact) mass is 790 g/mol. The Morgan fingerprint density at radius 1 is 0.242 bits per heavy atom. The second-order valence-corrected chi connectivity index (χ2v) is 16.7. The van der Waals surface area contributed by atoms with Crippen molar-refractivity contribution in [3.63, 3.8) is 0 Å². The minimum atomic E-state index is 0.988. The van der Waals surface area contributed by atoms with Gasteiger partial charge in [-0.2, -0.15) is 0 Å². The van der Waals surface area contributed by atoms with E-state index < -0.39 is 0 Å². The molecule has 0 saturated heterocycles. The third-order valence-corrected chi connectivity index (χ3v) is 13.7. The number of aryl methyl sites for hydroxylation is 2. The maximum Gasteiger partial charge on any atom is 0.0789 e. The van der Waals surface area contributed by atoms with Crippen LogP contribution >= 0.6 is 0 Å². The summed E-state index contributed by atoms with van der Waals surface area (Å²) >= 11 is 0. The number of rotatable bonds is 4. The highest BCUT2D eigenvalue weighted by atomic mass is 15.1. The minimum absolute atomic E-state index is 0.988. The van der Waals surface area contributed by atoms with Gasteiger partial charge in [0.15, 0.2) is 0 Å². The van der Waals surface area contributed by atoms with Gasteiger partial charge in [0.25, 0.3) is 0 Å². The van der Waals surface area contributed by atoms with Gasteiger partial charge in [0.1, 0.15) is 0 Å². The smallest absolute Gasteiger partial charge is 0.0789 e. The number of fused-ring (bicyclic) bond motifs is 15. The van der Waals surface area contributed by atoms with Gasteiger partial charge < -0.3 is 18.3 Å². The molecule has 62 heavy (non-hydrogen) atoms. The molecule has 9 aromatic carbocycles. The molecule has 14 rings (SSSR count). The molecule has 0 spiro atoms. The summed E-state index contributed by atoms with van der Waals surface area (Å²) in [6, 6.07) is 76.1. The van der Waals surface area contributed by atoms with Crippen molar-refractivity contribution >= 4 is 76.2 Å². The lowest BCUT2D eigenvalue weighted by Crippen LogP contribution is -2.10. The van der Waals surface area contributed by atoms with E-state index in [1.54, 1.807) is 0 Å².